The summed E-state index contributed by atoms with van der Waals surface area (Å²) in [6.45, 7) is 5.26. The lowest BCUT2D eigenvalue weighted by atomic mass is 10.1. The van der Waals surface area contributed by atoms with Crippen LogP contribution in [-0.4, -0.2) is 27.0 Å². The molecule has 0 heterocycles. The van der Waals surface area contributed by atoms with E-state index < -0.39 is 10.0 Å². The number of carbonyl (C=O) groups is 1. The Morgan fingerprint density at radius 2 is 1.62 bits per heavy atom. The summed E-state index contributed by atoms with van der Waals surface area (Å²) in [5.41, 5.74) is 1.01. The molecule has 0 saturated heterocycles. The molecule has 0 aliphatic rings. The molecule has 140 valence electrons. The highest BCUT2D eigenvalue weighted by Gasteiger charge is 2.15. The number of hydrogen-bond acceptors (Lipinski definition) is 4. The zero-order valence-electron chi connectivity index (χ0n) is 15.1. The van der Waals surface area contributed by atoms with E-state index in [2.05, 4.69) is 10.0 Å². The SMILES string of the molecule is CC(C)NS(=O)(=O)c1ccc(OCC(=O)N[C@@H](C)c2ccccc2)cc1. The monoisotopic (exact) mass is 376 g/mol. The van der Waals surface area contributed by atoms with Gasteiger partial charge in [-0.2, -0.15) is 0 Å². The molecule has 0 bridgehead atoms. The van der Waals surface area contributed by atoms with E-state index >= 15 is 0 Å². The molecule has 26 heavy (non-hydrogen) atoms. The maximum absolute atomic E-state index is 12.1. The average Bonchev–Trinajstić information content (AvgIpc) is 2.60. The normalized spacial score (nSPS) is 12.6. The van der Waals surface area contributed by atoms with E-state index in [4.69, 9.17) is 4.74 Å². The van der Waals surface area contributed by atoms with E-state index in [1.807, 2.05) is 37.3 Å². The molecule has 6 nitrogen and oxygen atoms in total. The first kappa shape index (κ1) is 19.9. The number of sulfonamides is 1. The predicted molar refractivity (Wildman–Crippen MR) is 100 cm³/mol. The molecule has 0 aliphatic heterocycles. The summed E-state index contributed by atoms with van der Waals surface area (Å²) in [6.07, 6.45) is 0. The number of benzene rings is 2. The van der Waals surface area contributed by atoms with Gasteiger partial charge >= 0.3 is 0 Å². The van der Waals surface area contributed by atoms with Crippen molar-refractivity contribution in [3.63, 3.8) is 0 Å². The van der Waals surface area contributed by atoms with Crippen molar-refractivity contribution >= 4 is 15.9 Å². The van der Waals surface area contributed by atoms with Gasteiger partial charge in [0.25, 0.3) is 5.91 Å². The Balaban J connectivity index is 1.88. The molecule has 0 spiro atoms. The second kappa shape index (κ2) is 8.82. The van der Waals surface area contributed by atoms with Gasteiger partial charge in [-0.3, -0.25) is 4.79 Å². The summed E-state index contributed by atoms with van der Waals surface area (Å²) in [5, 5.41) is 2.85. The molecule has 0 fully saturated rings. The largest absolute Gasteiger partial charge is 0.484 e. The summed E-state index contributed by atoms with van der Waals surface area (Å²) in [6, 6.07) is 15.3. The summed E-state index contributed by atoms with van der Waals surface area (Å²) in [7, 11) is -3.54. The number of hydrogen-bond donors (Lipinski definition) is 2. The van der Waals surface area contributed by atoms with Crippen molar-refractivity contribution in [3.8, 4) is 5.75 Å². The van der Waals surface area contributed by atoms with Gasteiger partial charge in [0, 0.05) is 6.04 Å². The minimum Gasteiger partial charge on any atom is -0.484 e. The fourth-order valence-corrected chi connectivity index (χ4v) is 3.60. The molecule has 2 aromatic carbocycles. The molecule has 0 saturated carbocycles. The Kier molecular flexibility index (Phi) is 6.76. The summed E-state index contributed by atoms with van der Waals surface area (Å²) in [5.74, 6) is 0.176. The van der Waals surface area contributed by atoms with Gasteiger partial charge in [-0.15, -0.1) is 0 Å². The Labute approximate surface area is 154 Å². The van der Waals surface area contributed by atoms with Crippen LogP contribution in [0.3, 0.4) is 0 Å². The summed E-state index contributed by atoms with van der Waals surface area (Å²) >= 11 is 0. The van der Waals surface area contributed by atoms with Gasteiger partial charge in [0.05, 0.1) is 10.9 Å². The zero-order chi connectivity index (χ0) is 19.2. The average molecular weight is 376 g/mol. The highest BCUT2D eigenvalue weighted by Crippen LogP contribution is 2.16. The van der Waals surface area contributed by atoms with Crippen LogP contribution in [0.2, 0.25) is 0 Å². The first-order valence-electron chi connectivity index (χ1n) is 8.37. The Morgan fingerprint density at radius 1 is 1.00 bits per heavy atom. The topological polar surface area (TPSA) is 84.5 Å². The van der Waals surface area contributed by atoms with Crippen LogP contribution in [0, 0.1) is 0 Å². The third-order valence-electron chi connectivity index (χ3n) is 3.57. The van der Waals surface area contributed by atoms with E-state index in [9.17, 15) is 13.2 Å². The molecule has 0 unspecified atom stereocenters. The van der Waals surface area contributed by atoms with Crippen LogP contribution >= 0.6 is 0 Å². The van der Waals surface area contributed by atoms with Crippen molar-refractivity contribution in [1.82, 2.24) is 10.0 Å². The predicted octanol–water partition coefficient (Wildman–Crippen LogP) is 2.63. The first-order chi connectivity index (χ1) is 12.3. The molecule has 7 heteroatoms. The van der Waals surface area contributed by atoms with Crippen LogP contribution in [0.1, 0.15) is 32.4 Å². The van der Waals surface area contributed by atoms with E-state index in [0.717, 1.165) is 5.56 Å². The van der Waals surface area contributed by atoms with Crippen molar-refractivity contribution in [2.24, 2.45) is 0 Å². The van der Waals surface area contributed by atoms with Crippen molar-refractivity contribution in [2.75, 3.05) is 6.61 Å². The Hall–Kier alpha value is -2.38. The number of nitrogens with one attached hydrogen (secondary N) is 2. The molecular weight excluding hydrogens is 352 g/mol. The van der Waals surface area contributed by atoms with Crippen molar-refractivity contribution in [3.05, 3.63) is 60.2 Å². The van der Waals surface area contributed by atoms with E-state index in [0.29, 0.717) is 5.75 Å². The van der Waals surface area contributed by atoms with Crippen LogP contribution in [0.5, 0.6) is 5.75 Å². The molecule has 2 aromatic rings. The number of amides is 1. The van der Waals surface area contributed by atoms with Crippen molar-refractivity contribution in [1.29, 1.82) is 0 Å². The standard InChI is InChI=1S/C19H24N2O4S/c1-14(2)21-26(23,24)18-11-9-17(10-12-18)25-13-19(22)20-15(3)16-7-5-4-6-8-16/h4-12,14-15,21H,13H2,1-3H3,(H,20,22)/t15-/m0/s1. The third kappa shape index (κ3) is 5.86. The van der Waals surface area contributed by atoms with Gasteiger partial charge in [0.2, 0.25) is 10.0 Å². The van der Waals surface area contributed by atoms with Gasteiger partial charge in [0.1, 0.15) is 5.75 Å². The first-order valence-corrected chi connectivity index (χ1v) is 9.86. The zero-order valence-corrected chi connectivity index (χ0v) is 15.9. The lowest BCUT2D eigenvalue weighted by Gasteiger charge is -2.15. The fourth-order valence-electron chi connectivity index (χ4n) is 2.35. The molecule has 2 rings (SSSR count). The highest BCUT2D eigenvalue weighted by atomic mass is 32.2. The van der Waals surface area contributed by atoms with Crippen LogP contribution < -0.4 is 14.8 Å². The minimum absolute atomic E-state index is 0.123. The maximum atomic E-state index is 12.1. The van der Waals surface area contributed by atoms with Gasteiger partial charge in [-0.25, -0.2) is 13.1 Å². The summed E-state index contributed by atoms with van der Waals surface area (Å²) < 4.78 is 32.1. The van der Waals surface area contributed by atoms with Crippen LogP contribution in [-0.2, 0) is 14.8 Å². The molecule has 0 aliphatic carbocycles. The van der Waals surface area contributed by atoms with E-state index in [1.165, 1.54) is 24.3 Å². The smallest absolute Gasteiger partial charge is 0.258 e. The molecule has 0 aromatic heterocycles. The van der Waals surface area contributed by atoms with Gasteiger partial charge in [0.15, 0.2) is 6.61 Å². The molecule has 1 amide bonds. The molecule has 2 N–H and O–H groups in total. The number of rotatable bonds is 8. The van der Waals surface area contributed by atoms with E-state index in [1.54, 1.807) is 13.8 Å². The quantitative estimate of drug-likeness (QED) is 0.742. The van der Waals surface area contributed by atoms with Crippen LogP contribution in [0.15, 0.2) is 59.5 Å². The minimum atomic E-state index is -3.54. The summed E-state index contributed by atoms with van der Waals surface area (Å²) in [4.78, 5) is 12.2. The van der Waals surface area contributed by atoms with Gasteiger partial charge in [-0.05, 0) is 50.6 Å². The lowest BCUT2D eigenvalue weighted by Crippen LogP contribution is -2.31. The fraction of sp³-hybridized carbons (Fsp3) is 0.316. The Morgan fingerprint density at radius 3 is 2.19 bits per heavy atom. The second-order valence-electron chi connectivity index (χ2n) is 6.24. The Bertz CT molecular complexity index is 818. The van der Waals surface area contributed by atoms with Crippen molar-refractivity contribution in [2.45, 2.75) is 37.8 Å². The second-order valence-corrected chi connectivity index (χ2v) is 7.95. The van der Waals surface area contributed by atoms with Gasteiger partial charge in [-0.1, -0.05) is 30.3 Å². The number of ether oxygens (including phenoxy) is 1. The molecule has 1 atom stereocenters. The highest BCUT2D eigenvalue weighted by molar-refractivity contribution is 7.89. The maximum Gasteiger partial charge on any atom is 0.258 e. The molecule has 0 radical (unpaired) electrons. The van der Waals surface area contributed by atoms with Gasteiger partial charge < -0.3 is 10.1 Å². The third-order valence-corrected chi connectivity index (χ3v) is 5.25. The van der Waals surface area contributed by atoms with E-state index in [-0.39, 0.29) is 29.5 Å². The lowest BCUT2D eigenvalue weighted by molar-refractivity contribution is -0.123. The number of carbonyl (C=O) groups excluding carboxylic acids is 1. The molecular formula is C19H24N2O4S. The van der Waals surface area contributed by atoms with Crippen molar-refractivity contribution < 1.29 is 17.9 Å². The van der Waals surface area contributed by atoms with Crippen LogP contribution in [0.25, 0.3) is 0 Å². The van der Waals surface area contributed by atoms with Crippen LogP contribution in [0.4, 0.5) is 0 Å².